The molecule has 0 saturated carbocycles. The van der Waals surface area contributed by atoms with Gasteiger partial charge in [0.1, 0.15) is 0 Å². The molecule has 0 fully saturated rings. The number of thiol groups is 1. The lowest BCUT2D eigenvalue weighted by atomic mass is 10.2. The molecule has 7 heteroatoms. The molecule has 0 atom stereocenters. The zero-order chi connectivity index (χ0) is 12.8. The molecule has 0 aliphatic carbocycles. The van der Waals surface area contributed by atoms with Gasteiger partial charge in [0, 0.05) is 18.7 Å². The summed E-state index contributed by atoms with van der Waals surface area (Å²) in [4.78, 5) is 20.9. The van der Waals surface area contributed by atoms with E-state index in [0.29, 0.717) is 6.54 Å². The Morgan fingerprint density at radius 1 is 1.47 bits per heavy atom. The summed E-state index contributed by atoms with van der Waals surface area (Å²) in [6.07, 6.45) is 1.86. The number of nitro benzene ring substituents is 1. The summed E-state index contributed by atoms with van der Waals surface area (Å²) in [7, 11) is 0. The van der Waals surface area contributed by atoms with Crippen molar-refractivity contribution in [2.45, 2.75) is 6.54 Å². The maximum absolute atomic E-state index is 10.9. The van der Waals surface area contributed by atoms with Crippen molar-refractivity contribution >= 4 is 35.4 Å². The number of hydrogen-bond donors (Lipinski definition) is 1. The molecule has 0 spiro atoms. The topological polar surface area (TPSA) is 63.5 Å². The first-order chi connectivity index (χ1) is 8.02. The van der Waals surface area contributed by atoms with Crippen LogP contribution in [0.1, 0.15) is 5.56 Å². The van der Waals surface area contributed by atoms with Crippen LogP contribution in [0.2, 0.25) is 0 Å². The van der Waals surface area contributed by atoms with Crippen LogP contribution in [-0.2, 0) is 11.3 Å². The quantitative estimate of drug-likeness (QED) is 0.372. The lowest BCUT2D eigenvalue weighted by molar-refractivity contribution is -0.384. The summed E-state index contributed by atoms with van der Waals surface area (Å²) >= 11 is 5.15. The molecule has 1 aromatic carbocycles. The number of carbonyl (C=O) groups is 1. The van der Waals surface area contributed by atoms with Gasteiger partial charge in [-0.15, -0.1) is 12.6 Å². The average Bonchev–Trinajstić information content (AvgIpc) is 2.28. The van der Waals surface area contributed by atoms with Crippen LogP contribution < -0.4 is 0 Å². The summed E-state index contributed by atoms with van der Waals surface area (Å²) in [6, 6.07) is 6.28. The Morgan fingerprint density at radius 3 is 2.47 bits per heavy atom. The molecule has 0 aliphatic rings. The van der Waals surface area contributed by atoms with Crippen molar-refractivity contribution in [3.63, 3.8) is 0 Å². The van der Waals surface area contributed by atoms with Crippen LogP contribution in [0.3, 0.4) is 0 Å². The fraction of sp³-hybridized carbons (Fsp3) is 0.300. The van der Waals surface area contributed by atoms with Crippen molar-refractivity contribution < 1.29 is 9.72 Å². The van der Waals surface area contributed by atoms with Crippen molar-refractivity contribution in [1.29, 1.82) is 0 Å². The molecule has 5 nitrogen and oxygen atoms in total. The van der Waals surface area contributed by atoms with E-state index < -0.39 is 4.92 Å². The SMILES string of the molecule is CSN(CC(=O)S)Cc1ccc([N+](=O)[O-])cc1. The van der Waals surface area contributed by atoms with E-state index >= 15 is 0 Å². The van der Waals surface area contributed by atoms with Gasteiger partial charge in [0.2, 0.25) is 5.12 Å². The van der Waals surface area contributed by atoms with Gasteiger partial charge >= 0.3 is 0 Å². The number of nitro groups is 1. The first-order valence-electron chi connectivity index (χ1n) is 4.77. The minimum Gasteiger partial charge on any atom is -0.286 e. The van der Waals surface area contributed by atoms with Crippen LogP contribution in [0.15, 0.2) is 24.3 Å². The fourth-order valence-electron chi connectivity index (χ4n) is 1.26. The zero-order valence-electron chi connectivity index (χ0n) is 9.20. The monoisotopic (exact) mass is 272 g/mol. The summed E-state index contributed by atoms with van der Waals surface area (Å²) in [5.74, 6) is 0. The van der Waals surface area contributed by atoms with Crippen molar-refractivity contribution in [2.75, 3.05) is 12.8 Å². The van der Waals surface area contributed by atoms with E-state index in [0.717, 1.165) is 5.56 Å². The second-order valence-electron chi connectivity index (χ2n) is 3.30. The summed E-state index contributed by atoms with van der Waals surface area (Å²) < 4.78 is 1.83. The molecule has 0 unspecified atom stereocenters. The van der Waals surface area contributed by atoms with Gasteiger partial charge in [-0.05, 0) is 11.8 Å². The average molecular weight is 272 g/mol. The van der Waals surface area contributed by atoms with Gasteiger partial charge in [0.15, 0.2) is 0 Å². The van der Waals surface area contributed by atoms with Crippen LogP contribution >= 0.6 is 24.6 Å². The summed E-state index contributed by atoms with van der Waals surface area (Å²) in [5, 5.41) is 10.3. The molecule has 0 aliphatic heterocycles. The molecular weight excluding hydrogens is 260 g/mol. The Hall–Kier alpha value is -1.05. The largest absolute Gasteiger partial charge is 0.286 e. The number of hydrogen-bond acceptors (Lipinski definition) is 5. The predicted molar refractivity (Wildman–Crippen MR) is 71.0 cm³/mol. The molecule has 92 valence electrons. The highest BCUT2D eigenvalue weighted by atomic mass is 32.2. The molecule has 0 amide bonds. The first kappa shape index (κ1) is 14.0. The van der Waals surface area contributed by atoms with E-state index in [-0.39, 0.29) is 17.3 Å². The molecule has 0 heterocycles. The second kappa shape index (κ2) is 6.63. The van der Waals surface area contributed by atoms with E-state index in [2.05, 4.69) is 12.6 Å². The molecule has 17 heavy (non-hydrogen) atoms. The second-order valence-corrected chi connectivity index (χ2v) is 4.68. The third-order valence-corrected chi connectivity index (χ3v) is 2.99. The molecule has 0 bridgehead atoms. The Bertz CT molecular complexity index is 409. The van der Waals surface area contributed by atoms with Crippen molar-refractivity contribution in [3.8, 4) is 0 Å². The maximum Gasteiger partial charge on any atom is 0.269 e. The van der Waals surface area contributed by atoms with Gasteiger partial charge in [0.25, 0.3) is 5.69 Å². The number of non-ortho nitro benzene ring substituents is 1. The lowest BCUT2D eigenvalue weighted by Crippen LogP contribution is -2.20. The van der Waals surface area contributed by atoms with Gasteiger partial charge in [-0.3, -0.25) is 14.9 Å². The standard InChI is InChI=1S/C10H12N2O3S2/c1-17-11(7-10(13)16)6-8-2-4-9(5-3-8)12(14)15/h2-5H,6-7H2,1H3,(H,13,16). The molecule has 0 aromatic heterocycles. The Labute approximate surface area is 109 Å². The van der Waals surface area contributed by atoms with Crippen LogP contribution in [-0.4, -0.2) is 27.1 Å². The molecule has 0 saturated heterocycles. The number of nitrogens with zero attached hydrogens (tertiary/aromatic N) is 2. The van der Waals surface area contributed by atoms with Crippen LogP contribution in [0.4, 0.5) is 5.69 Å². The molecule has 1 aromatic rings. The fourth-order valence-corrected chi connectivity index (χ4v) is 2.05. The van der Waals surface area contributed by atoms with Crippen molar-refractivity contribution in [2.24, 2.45) is 0 Å². The van der Waals surface area contributed by atoms with Gasteiger partial charge in [-0.1, -0.05) is 24.1 Å². The number of carbonyl (C=O) groups excluding carboxylic acids is 1. The first-order valence-corrected chi connectivity index (χ1v) is 6.40. The molecule has 0 radical (unpaired) electrons. The Kier molecular flexibility index (Phi) is 5.46. The highest BCUT2D eigenvalue weighted by Crippen LogP contribution is 2.16. The van der Waals surface area contributed by atoms with Gasteiger partial charge < -0.3 is 0 Å². The molecule has 0 N–H and O–H groups in total. The van der Waals surface area contributed by atoms with Crippen LogP contribution in [0, 0.1) is 10.1 Å². The Balaban J connectivity index is 2.67. The predicted octanol–water partition coefficient (Wildman–Crippen LogP) is 2.13. The smallest absolute Gasteiger partial charge is 0.269 e. The van der Waals surface area contributed by atoms with Crippen LogP contribution in [0.25, 0.3) is 0 Å². The highest BCUT2D eigenvalue weighted by molar-refractivity contribution is 7.97. The van der Waals surface area contributed by atoms with Crippen molar-refractivity contribution in [1.82, 2.24) is 4.31 Å². The zero-order valence-corrected chi connectivity index (χ0v) is 10.9. The van der Waals surface area contributed by atoms with Gasteiger partial charge in [-0.2, -0.15) is 0 Å². The van der Waals surface area contributed by atoms with Gasteiger partial charge in [-0.25, -0.2) is 4.31 Å². The number of rotatable bonds is 6. The third-order valence-electron chi connectivity index (χ3n) is 2.08. The summed E-state index contributed by atoms with van der Waals surface area (Å²) in [5.41, 5.74) is 0.981. The highest BCUT2D eigenvalue weighted by Gasteiger charge is 2.09. The van der Waals surface area contributed by atoms with E-state index in [1.165, 1.54) is 24.1 Å². The minimum atomic E-state index is -0.437. The van der Waals surface area contributed by atoms with Crippen LogP contribution in [0.5, 0.6) is 0 Å². The van der Waals surface area contributed by atoms with Crippen molar-refractivity contribution in [3.05, 3.63) is 39.9 Å². The van der Waals surface area contributed by atoms with E-state index in [4.69, 9.17) is 0 Å². The number of benzene rings is 1. The van der Waals surface area contributed by atoms with E-state index in [9.17, 15) is 14.9 Å². The molecule has 1 rings (SSSR count). The van der Waals surface area contributed by atoms with E-state index in [1.807, 2.05) is 10.6 Å². The lowest BCUT2D eigenvalue weighted by Gasteiger charge is -2.16. The normalized spacial score (nSPS) is 10.5. The minimum absolute atomic E-state index is 0.0646. The van der Waals surface area contributed by atoms with E-state index in [1.54, 1.807) is 12.1 Å². The Morgan fingerprint density at radius 2 is 2.06 bits per heavy atom. The third kappa shape index (κ3) is 4.76. The summed E-state index contributed by atoms with van der Waals surface area (Å²) in [6.45, 7) is 0.784. The molecular formula is C10H12N2O3S2. The van der Waals surface area contributed by atoms with Gasteiger partial charge in [0.05, 0.1) is 11.5 Å². The maximum atomic E-state index is 10.9.